The van der Waals surface area contributed by atoms with Crippen molar-refractivity contribution >= 4 is 81.0 Å². The van der Waals surface area contributed by atoms with E-state index in [0.717, 1.165) is 38.1 Å². The molecular formula is C47H50BBrCl2N6O6. The highest BCUT2D eigenvalue weighted by Gasteiger charge is 2.25. The molecule has 0 aliphatic carbocycles. The summed E-state index contributed by atoms with van der Waals surface area (Å²) in [6, 6.07) is 35.3. The van der Waals surface area contributed by atoms with Crippen LogP contribution >= 0.6 is 39.1 Å². The summed E-state index contributed by atoms with van der Waals surface area (Å²) in [6.07, 6.45) is 3.45. The average molecular weight is 957 g/mol. The van der Waals surface area contributed by atoms with Crippen LogP contribution in [-0.2, 0) is 27.2 Å². The molecule has 2 heterocycles. The van der Waals surface area contributed by atoms with Gasteiger partial charge in [0.25, 0.3) is 0 Å². The Morgan fingerprint density at radius 3 is 1.79 bits per heavy atom. The molecule has 0 radical (unpaired) electrons. The summed E-state index contributed by atoms with van der Waals surface area (Å²) >= 11 is 15.6. The van der Waals surface area contributed by atoms with Crippen LogP contribution in [0.3, 0.4) is 0 Å². The lowest BCUT2D eigenvalue weighted by Crippen LogP contribution is -2.47. The van der Waals surface area contributed by atoms with Crippen molar-refractivity contribution in [3.8, 4) is 11.1 Å². The SMILES string of the molecule is CC(C)(C)OC(=O)N[C@@H](Cc1ccccc1)C(=O)Nc1cc(Cl)cc(Br)c1.Cc1cc(-c2cc(Cl)cc(NC(=O)[C@@H](N)Cc3ccccc3)c2)ccn1.Cc1cc(B(O)O)ccn1. The Morgan fingerprint density at radius 1 is 0.714 bits per heavy atom. The van der Waals surface area contributed by atoms with Crippen molar-refractivity contribution in [2.75, 3.05) is 10.6 Å². The number of nitrogens with one attached hydrogen (secondary N) is 3. The molecule has 0 aliphatic rings. The van der Waals surface area contributed by atoms with E-state index >= 15 is 0 Å². The summed E-state index contributed by atoms with van der Waals surface area (Å²) in [4.78, 5) is 45.5. The number of nitrogens with two attached hydrogens (primary N) is 1. The highest BCUT2D eigenvalue weighted by Crippen LogP contribution is 2.28. The number of ether oxygens (including phenoxy) is 1. The van der Waals surface area contributed by atoms with E-state index < -0.39 is 30.9 Å². The molecule has 3 amide bonds. The first-order chi connectivity index (χ1) is 29.8. The lowest BCUT2D eigenvalue weighted by molar-refractivity contribution is -0.118. The minimum absolute atomic E-state index is 0.243. The maximum atomic E-state index is 12.8. The number of alkyl carbamates (subject to hydrolysis) is 1. The van der Waals surface area contributed by atoms with E-state index in [0.29, 0.717) is 39.7 Å². The van der Waals surface area contributed by atoms with Gasteiger partial charge in [0.15, 0.2) is 0 Å². The van der Waals surface area contributed by atoms with Gasteiger partial charge in [0.1, 0.15) is 11.6 Å². The van der Waals surface area contributed by atoms with Crippen LogP contribution in [0.1, 0.15) is 43.3 Å². The Bertz CT molecular complexity index is 2420. The van der Waals surface area contributed by atoms with E-state index in [9.17, 15) is 14.4 Å². The van der Waals surface area contributed by atoms with E-state index in [1.165, 1.54) is 0 Å². The highest BCUT2D eigenvalue weighted by molar-refractivity contribution is 9.10. The molecule has 0 aliphatic heterocycles. The number of halogens is 3. The first kappa shape index (κ1) is 50.0. The molecule has 0 fully saturated rings. The third-order valence-corrected chi connectivity index (χ3v) is 9.56. The van der Waals surface area contributed by atoms with Crippen LogP contribution in [0.15, 0.2) is 138 Å². The summed E-state index contributed by atoms with van der Waals surface area (Å²) < 4.78 is 6.03. The molecule has 63 heavy (non-hydrogen) atoms. The zero-order chi connectivity index (χ0) is 46.1. The summed E-state index contributed by atoms with van der Waals surface area (Å²) in [7, 11) is -1.39. The van der Waals surface area contributed by atoms with E-state index in [4.69, 9.17) is 43.7 Å². The second-order valence-electron chi connectivity index (χ2n) is 15.3. The van der Waals surface area contributed by atoms with Crippen molar-refractivity contribution in [1.82, 2.24) is 15.3 Å². The van der Waals surface area contributed by atoms with Crippen molar-refractivity contribution in [1.29, 1.82) is 0 Å². The summed E-state index contributed by atoms with van der Waals surface area (Å²) in [5, 5.41) is 26.7. The second-order valence-corrected chi connectivity index (χ2v) is 17.1. The van der Waals surface area contributed by atoms with Crippen molar-refractivity contribution in [2.45, 2.75) is 65.1 Å². The van der Waals surface area contributed by atoms with Gasteiger partial charge in [-0.25, -0.2) is 4.79 Å². The molecular weight excluding hydrogens is 906 g/mol. The molecule has 2 atom stereocenters. The molecule has 328 valence electrons. The lowest BCUT2D eigenvalue weighted by atomic mass is 9.81. The number of carbonyl (C=O) groups is 3. The maximum Gasteiger partial charge on any atom is 0.488 e. The molecule has 6 rings (SSSR count). The topological polar surface area (TPSA) is 189 Å². The molecule has 0 saturated carbocycles. The van der Waals surface area contributed by atoms with Crippen LogP contribution in [0, 0.1) is 13.8 Å². The van der Waals surface area contributed by atoms with Gasteiger partial charge in [0.2, 0.25) is 11.8 Å². The van der Waals surface area contributed by atoms with E-state index in [1.54, 1.807) is 76.5 Å². The van der Waals surface area contributed by atoms with Gasteiger partial charge in [0, 0.05) is 56.1 Å². The minimum Gasteiger partial charge on any atom is -0.444 e. The van der Waals surface area contributed by atoms with Crippen LogP contribution in [-0.4, -0.2) is 62.7 Å². The van der Waals surface area contributed by atoms with Crippen LogP contribution in [0.25, 0.3) is 11.1 Å². The number of aromatic nitrogens is 2. The molecule has 12 nitrogen and oxygen atoms in total. The van der Waals surface area contributed by atoms with Gasteiger partial charge in [-0.1, -0.05) is 99.8 Å². The molecule has 0 unspecified atom stereocenters. The van der Waals surface area contributed by atoms with Crippen molar-refractivity contribution < 1.29 is 29.2 Å². The van der Waals surface area contributed by atoms with Gasteiger partial charge in [0.05, 0.1) is 6.04 Å². The normalized spacial score (nSPS) is 11.6. The number of nitrogens with zero attached hydrogens (tertiary/aromatic N) is 2. The fourth-order valence-electron chi connectivity index (χ4n) is 5.84. The summed E-state index contributed by atoms with van der Waals surface area (Å²) in [5.74, 6) is -0.605. The molecule has 0 bridgehead atoms. The molecule has 16 heteroatoms. The number of amides is 3. The van der Waals surface area contributed by atoms with Crippen molar-refractivity contribution in [3.05, 3.63) is 171 Å². The average Bonchev–Trinajstić information content (AvgIpc) is 3.20. The molecule has 0 spiro atoms. The number of hydrogen-bond acceptors (Lipinski definition) is 9. The van der Waals surface area contributed by atoms with Crippen LogP contribution in [0.4, 0.5) is 16.2 Å². The number of hydrogen-bond donors (Lipinski definition) is 6. The minimum atomic E-state index is -1.39. The number of carbonyl (C=O) groups excluding carboxylic acids is 3. The second kappa shape index (κ2) is 24.3. The fraction of sp³-hybridized carbons (Fsp3) is 0.213. The molecule has 2 aromatic heterocycles. The van der Waals surface area contributed by atoms with E-state index in [1.807, 2.05) is 91.9 Å². The van der Waals surface area contributed by atoms with Gasteiger partial charge in [-0.05, 0) is 129 Å². The van der Waals surface area contributed by atoms with Crippen LogP contribution in [0.2, 0.25) is 10.0 Å². The van der Waals surface area contributed by atoms with Gasteiger partial charge in [-0.15, -0.1) is 0 Å². The monoisotopic (exact) mass is 954 g/mol. The van der Waals surface area contributed by atoms with E-state index in [-0.39, 0.29) is 11.8 Å². The van der Waals surface area contributed by atoms with Gasteiger partial charge in [-0.2, -0.15) is 0 Å². The summed E-state index contributed by atoms with van der Waals surface area (Å²) in [5.41, 5.74) is 12.6. The van der Waals surface area contributed by atoms with E-state index in [2.05, 4.69) is 41.8 Å². The van der Waals surface area contributed by atoms with Crippen molar-refractivity contribution in [2.24, 2.45) is 5.73 Å². The predicted octanol–water partition coefficient (Wildman–Crippen LogP) is 8.47. The number of rotatable bonds is 11. The standard InChI is InChI=1S/C21H20ClN3O.C20H22BrClN2O3.C6H8BNO2/c1-14-9-16(7-8-24-14)17-11-18(22)13-19(12-17)25-21(26)20(23)10-15-5-3-2-4-6-15;1-20(2,3)27-19(26)24-17(9-13-7-5-4-6-8-13)18(25)23-16-11-14(21)10-15(22)12-16;1-5-4-6(7(9)10)2-3-8-5/h2-9,11-13,20H,10,23H2,1H3,(H,25,26);4-8,10-12,17H,9H2,1-3H3,(H,23,25)(H,24,26);2-4,9-10H,1H3/t20-;17-;/m00./s1. The number of anilines is 2. The van der Waals surface area contributed by atoms with Gasteiger partial charge >= 0.3 is 13.2 Å². The molecule has 4 aromatic carbocycles. The third kappa shape index (κ3) is 18.3. The summed E-state index contributed by atoms with van der Waals surface area (Å²) in [6.45, 7) is 9.03. The Labute approximate surface area is 386 Å². The fourth-order valence-corrected chi connectivity index (χ4v) is 6.94. The predicted molar refractivity (Wildman–Crippen MR) is 256 cm³/mol. The van der Waals surface area contributed by atoms with Gasteiger partial charge < -0.3 is 36.5 Å². The Hall–Kier alpha value is -5.61. The maximum absolute atomic E-state index is 12.8. The van der Waals surface area contributed by atoms with Crippen LogP contribution < -0.4 is 27.1 Å². The molecule has 6 aromatic rings. The Kier molecular flexibility index (Phi) is 19.3. The quantitative estimate of drug-likeness (QED) is 0.0693. The third-order valence-electron chi connectivity index (χ3n) is 8.67. The zero-order valence-electron chi connectivity index (χ0n) is 35.5. The zero-order valence-corrected chi connectivity index (χ0v) is 38.6. The lowest BCUT2D eigenvalue weighted by Gasteiger charge is -2.23. The Balaban J connectivity index is 0.000000227. The number of pyridine rings is 2. The highest BCUT2D eigenvalue weighted by atomic mass is 79.9. The number of benzene rings is 4. The van der Waals surface area contributed by atoms with Crippen LogP contribution in [0.5, 0.6) is 0 Å². The van der Waals surface area contributed by atoms with Crippen molar-refractivity contribution in [3.63, 3.8) is 0 Å². The molecule has 0 saturated heterocycles. The first-order valence-electron chi connectivity index (χ1n) is 19.8. The Morgan fingerprint density at radius 2 is 1.25 bits per heavy atom. The smallest absolute Gasteiger partial charge is 0.444 e. The largest absolute Gasteiger partial charge is 0.488 e. The number of aryl methyl sites for hydroxylation is 2. The molecule has 7 N–H and O–H groups in total. The van der Waals surface area contributed by atoms with Gasteiger partial charge in [-0.3, -0.25) is 19.6 Å². The first-order valence-corrected chi connectivity index (χ1v) is 21.3.